The van der Waals surface area contributed by atoms with Crippen LogP contribution in [-0.2, 0) is 0 Å². The Morgan fingerprint density at radius 3 is 2.81 bits per heavy atom. The second-order valence-corrected chi connectivity index (χ2v) is 3.46. The standard InChI is InChI=1S/C12H14O4/c1-3-4-5-6-9(13)11-10(14)7-8(2)16-12(11)15/h5-7,14H,3-4H2,1-2H3. The Kier molecular flexibility index (Phi) is 4.05. The number of aryl methyl sites for hydroxylation is 1. The number of hydrogen-bond acceptors (Lipinski definition) is 4. The molecule has 0 fully saturated rings. The van der Waals surface area contributed by atoms with Gasteiger partial charge in [0, 0.05) is 6.07 Å². The van der Waals surface area contributed by atoms with Crippen molar-refractivity contribution in [1.82, 2.24) is 0 Å². The fraction of sp³-hybridized carbons (Fsp3) is 0.333. The largest absolute Gasteiger partial charge is 0.507 e. The lowest BCUT2D eigenvalue weighted by Crippen LogP contribution is -2.12. The third-order valence-corrected chi connectivity index (χ3v) is 2.02. The van der Waals surface area contributed by atoms with Gasteiger partial charge in [-0.3, -0.25) is 4.79 Å². The van der Waals surface area contributed by atoms with E-state index in [4.69, 9.17) is 4.42 Å². The van der Waals surface area contributed by atoms with Gasteiger partial charge >= 0.3 is 5.63 Å². The summed E-state index contributed by atoms with van der Waals surface area (Å²) in [5.74, 6) is -0.587. The van der Waals surface area contributed by atoms with Crippen LogP contribution in [0.4, 0.5) is 0 Å². The van der Waals surface area contributed by atoms with E-state index in [2.05, 4.69) is 0 Å². The van der Waals surface area contributed by atoms with Gasteiger partial charge in [-0.2, -0.15) is 0 Å². The molecule has 0 saturated heterocycles. The molecule has 0 atom stereocenters. The van der Waals surface area contributed by atoms with Gasteiger partial charge in [0.2, 0.25) is 0 Å². The Balaban J connectivity index is 3.05. The van der Waals surface area contributed by atoms with Gasteiger partial charge in [-0.05, 0) is 19.4 Å². The van der Waals surface area contributed by atoms with Gasteiger partial charge in [0.25, 0.3) is 0 Å². The van der Waals surface area contributed by atoms with Crippen molar-refractivity contribution < 1.29 is 14.3 Å². The van der Waals surface area contributed by atoms with Crippen molar-refractivity contribution >= 4 is 5.78 Å². The molecule has 0 aliphatic rings. The highest BCUT2D eigenvalue weighted by Gasteiger charge is 2.15. The van der Waals surface area contributed by atoms with Gasteiger partial charge in [0.15, 0.2) is 5.78 Å². The Labute approximate surface area is 93.2 Å². The zero-order valence-electron chi connectivity index (χ0n) is 9.32. The van der Waals surface area contributed by atoms with Crippen molar-refractivity contribution in [1.29, 1.82) is 0 Å². The molecule has 0 amide bonds. The highest BCUT2D eigenvalue weighted by Crippen LogP contribution is 2.15. The van der Waals surface area contributed by atoms with Gasteiger partial charge in [0.1, 0.15) is 17.1 Å². The zero-order chi connectivity index (χ0) is 12.1. The van der Waals surface area contributed by atoms with Crippen molar-refractivity contribution in [2.45, 2.75) is 26.7 Å². The monoisotopic (exact) mass is 222 g/mol. The van der Waals surface area contributed by atoms with Crippen molar-refractivity contribution in [3.8, 4) is 5.75 Å². The number of unbranched alkanes of at least 4 members (excludes halogenated alkanes) is 1. The van der Waals surface area contributed by atoms with Crippen LogP contribution in [0.25, 0.3) is 0 Å². The number of carbonyl (C=O) groups is 1. The van der Waals surface area contributed by atoms with Crippen LogP contribution in [0.3, 0.4) is 0 Å². The molecule has 1 heterocycles. The normalized spacial score (nSPS) is 10.9. The lowest BCUT2D eigenvalue weighted by atomic mass is 10.1. The van der Waals surface area contributed by atoms with Crippen LogP contribution in [0.5, 0.6) is 5.75 Å². The summed E-state index contributed by atoms with van der Waals surface area (Å²) < 4.78 is 4.75. The second-order valence-electron chi connectivity index (χ2n) is 3.46. The van der Waals surface area contributed by atoms with E-state index in [-0.39, 0.29) is 17.1 Å². The van der Waals surface area contributed by atoms with E-state index in [1.165, 1.54) is 19.1 Å². The van der Waals surface area contributed by atoms with E-state index >= 15 is 0 Å². The molecule has 0 aliphatic carbocycles. The number of hydrogen-bond donors (Lipinski definition) is 1. The van der Waals surface area contributed by atoms with Crippen LogP contribution < -0.4 is 5.63 Å². The first-order chi connectivity index (χ1) is 7.56. The van der Waals surface area contributed by atoms with Crippen molar-refractivity contribution in [3.63, 3.8) is 0 Å². The molecule has 16 heavy (non-hydrogen) atoms. The lowest BCUT2D eigenvalue weighted by molar-refractivity contribution is 0.104. The van der Waals surface area contributed by atoms with Crippen molar-refractivity contribution in [2.75, 3.05) is 0 Å². The van der Waals surface area contributed by atoms with E-state index in [0.29, 0.717) is 0 Å². The van der Waals surface area contributed by atoms with Crippen molar-refractivity contribution in [2.24, 2.45) is 0 Å². The molecule has 0 aromatic carbocycles. The van der Waals surface area contributed by atoms with Crippen LogP contribution >= 0.6 is 0 Å². The molecule has 0 unspecified atom stereocenters. The van der Waals surface area contributed by atoms with E-state index in [9.17, 15) is 14.7 Å². The maximum atomic E-state index is 11.6. The summed E-state index contributed by atoms with van der Waals surface area (Å²) in [6.07, 6.45) is 4.62. The molecule has 86 valence electrons. The molecule has 4 heteroatoms. The van der Waals surface area contributed by atoms with Gasteiger partial charge in [-0.1, -0.05) is 19.4 Å². The molecule has 1 aromatic heterocycles. The first-order valence-electron chi connectivity index (χ1n) is 5.10. The highest BCUT2D eigenvalue weighted by molar-refractivity contribution is 6.05. The van der Waals surface area contributed by atoms with Crippen LogP contribution in [0.15, 0.2) is 27.4 Å². The molecule has 4 nitrogen and oxygen atoms in total. The minimum absolute atomic E-state index is 0.275. The molecule has 0 radical (unpaired) electrons. The Bertz CT molecular complexity index is 468. The molecule has 0 bridgehead atoms. The number of rotatable bonds is 4. The fourth-order valence-corrected chi connectivity index (χ4v) is 1.26. The van der Waals surface area contributed by atoms with Gasteiger partial charge in [-0.15, -0.1) is 0 Å². The minimum atomic E-state index is -0.802. The average molecular weight is 222 g/mol. The fourth-order valence-electron chi connectivity index (χ4n) is 1.26. The number of ketones is 1. The van der Waals surface area contributed by atoms with E-state index in [1.807, 2.05) is 6.92 Å². The third-order valence-electron chi connectivity index (χ3n) is 2.02. The summed E-state index contributed by atoms with van der Waals surface area (Å²) >= 11 is 0. The molecule has 1 aromatic rings. The Morgan fingerprint density at radius 2 is 2.25 bits per heavy atom. The average Bonchev–Trinajstić information content (AvgIpc) is 2.16. The lowest BCUT2D eigenvalue weighted by Gasteiger charge is -1.99. The van der Waals surface area contributed by atoms with Gasteiger partial charge in [0.05, 0.1) is 0 Å². The molecule has 0 spiro atoms. The summed E-state index contributed by atoms with van der Waals surface area (Å²) in [5.41, 5.74) is -1.11. The van der Waals surface area contributed by atoms with E-state index < -0.39 is 11.4 Å². The number of allylic oxidation sites excluding steroid dienone is 2. The summed E-state index contributed by atoms with van der Waals surface area (Å²) in [6.45, 7) is 3.51. The van der Waals surface area contributed by atoms with Gasteiger partial charge < -0.3 is 9.52 Å². The smallest absolute Gasteiger partial charge is 0.351 e. The van der Waals surface area contributed by atoms with Crippen LogP contribution in [-0.4, -0.2) is 10.9 Å². The molecule has 1 rings (SSSR count). The zero-order valence-corrected chi connectivity index (χ0v) is 9.32. The number of aromatic hydroxyl groups is 1. The quantitative estimate of drug-likeness (QED) is 0.626. The van der Waals surface area contributed by atoms with Crippen LogP contribution in [0, 0.1) is 6.92 Å². The molecular formula is C12H14O4. The van der Waals surface area contributed by atoms with Crippen LogP contribution in [0.1, 0.15) is 35.9 Å². The van der Waals surface area contributed by atoms with E-state index in [0.717, 1.165) is 12.8 Å². The Morgan fingerprint density at radius 1 is 1.56 bits per heavy atom. The maximum Gasteiger partial charge on any atom is 0.351 e. The van der Waals surface area contributed by atoms with Gasteiger partial charge in [-0.25, -0.2) is 4.79 Å². The molecule has 0 saturated carbocycles. The minimum Gasteiger partial charge on any atom is -0.507 e. The molecular weight excluding hydrogens is 208 g/mol. The summed E-state index contributed by atoms with van der Waals surface area (Å²) in [5, 5.41) is 9.48. The first kappa shape index (κ1) is 12.2. The summed E-state index contributed by atoms with van der Waals surface area (Å²) in [6, 6.07) is 1.25. The second kappa shape index (κ2) is 5.30. The highest BCUT2D eigenvalue weighted by atomic mass is 16.4. The summed E-state index contributed by atoms with van der Waals surface area (Å²) in [7, 11) is 0. The number of carbonyl (C=O) groups excluding carboxylic acids is 1. The van der Waals surface area contributed by atoms with E-state index in [1.54, 1.807) is 6.08 Å². The third kappa shape index (κ3) is 2.82. The molecule has 1 N–H and O–H groups in total. The SMILES string of the molecule is CCCC=CC(=O)c1c(O)cc(C)oc1=O. The first-order valence-corrected chi connectivity index (χ1v) is 5.10. The molecule has 0 aliphatic heterocycles. The maximum absolute atomic E-state index is 11.6. The Hall–Kier alpha value is -1.84. The van der Waals surface area contributed by atoms with Crippen LogP contribution in [0.2, 0.25) is 0 Å². The predicted octanol–water partition coefficient (Wildman–Crippen LogP) is 2.19. The van der Waals surface area contributed by atoms with Crippen molar-refractivity contribution in [3.05, 3.63) is 40.0 Å². The summed E-state index contributed by atoms with van der Waals surface area (Å²) in [4.78, 5) is 22.9. The predicted molar refractivity (Wildman–Crippen MR) is 59.8 cm³/mol. The topological polar surface area (TPSA) is 67.5 Å².